The normalized spacial score (nSPS) is 36.0. The molecule has 0 aromatic heterocycles. The van der Waals surface area contributed by atoms with E-state index >= 15 is 0 Å². The summed E-state index contributed by atoms with van der Waals surface area (Å²) >= 11 is 5.70. The Morgan fingerprint density at radius 1 is 1.64 bits per heavy atom. The third-order valence-electron chi connectivity index (χ3n) is 1.91. The highest BCUT2D eigenvalue weighted by Gasteiger charge is 2.25. The minimum Gasteiger partial charge on any atom is -0.385 e. The Labute approximate surface area is 72.1 Å². The van der Waals surface area contributed by atoms with Crippen LogP contribution >= 0.6 is 11.6 Å². The van der Waals surface area contributed by atoms with Crippen molar-refractivity contribution in [3.8, 4) is 0 Å². The van der Waals surface area contributed by atoms with E-state index < -0.39 is 5.60 Å². The second kappa shape index (κ2) is 3.39. The molecule has 0 amide bonds. The van der Waals surface area contributed by atoms with Crippen LogP contribution in [0.4, 0.5) is 0 Å². The second-order valence-corrected chi connectivity index (χ2v) is 3.34. The summed E-state index contributed by atoms with van der Waals surface area (Å²) in [5.41, 5.74) is -0.724. The number of aliphatic hydroxyl groups is 1. The lowest BCUT2D eigenvalue weighted by Gasteiger charge is -2.27. The van der Waals surface area contributed by atoms with Crippen molar-refractivity contribution in [2.45, 2.75) is 19.4 Å². The monoisotopic (exact) mass is 175 g/mol. The molecule has 0 aliphatic heterocycles. The average Bonchev–Trinajstić information content (AvgIpc) is 1.81. The molecule has 0 aromatic carbocycles. The molecule has 3 heteroatoms. The van der Waals surface area contributed by atoms with Crippen LogP contribution in [-0.2, 0) is 0 Å². The Hall–Kier alpha value is -0.310. The van der Waals surface area contributed by atoms with Crippen LogP contribution in [0.15, 0.2) is 23.3 Å². The highest BCUT2D eigenvalue weighted by atomic mass is 35.5. The molecule has 0 spiro atoms. The van der Waals surface area contributed by atoms with Gasteiger partial charge in [0, 0.05) is 11.0 Å². The molecule has 11 heavy (non-hydrogen) atoms. The van der Waals surface area contributed by atoms with Gasteiger partial charge in [0.25, 0.3) is 0 Å². The van der Waals surface area contributed by atoms with Crippen molar-refractivity contribution < 1.29 is 5.11 Å². The van der Waals surface area contributed by atoms with E-state index in [-0.39, 0.29) is 12.1 Å². The van der Waals surface area contributed by atoms with Crippen LogP contribution in [0, 0.1) is 5.92 Å². The smallest absolute Gasteiger partial charge is 0.0863 e. The van der Waals surface area contributed by atoms with Gasteiger partial charge < -0.3 is 11.3 Å². The fraction of sp³-hybridized carbons (Fsp3) is 0.500. The summed E-state index contributed by atoms with van der Waals surface area (Å²) in [4.78, 5) is 0. The molecule has 1 aliphatic carbocycles. The van der Waals surface area contributed by atoms with Gasteiger partial charge in [0.05, 0.1) is 5.60 Å². The predicted molar refractivity (Wildman–Crippen MR) is 47.9 cm³/mol. The van der Waals surface area contributed by atoms with Gasteiger partial charge in [-0.2, -0.15) is 0 Å². The first-order valence-electron chi connectivity index (χ1n) is 3.31. The zero-order chi connectivity index (χ0) is 7.78. The molecule has 0 radical (unpaired) electrons. The van der Waals surface area contributed by atoms with Gasteiger partial charge >= 0.3 is 0 Å². The zero-order valence-corrected chi connectivity index (χ0v) is 7.60. The molecule has 1 rings (SSSR count). The van der Waals surface area contributed by atoms with Gasteiger partial charge in [0.1, 0.15) is 0 Å². The first kappa shape index (κ1) is 10.7. The van der Waals surface area contributed by atoms with E-state index in [1.54, 1.807) is 19.1 Å². The van der Waals surface area contributed by atoms with Crippen molar-refractivity contribution in [3.05, 3.63) is 23.3 Å². The van der Waals surface area contributed by atoms with Crippen molar-refractivity contribution >= 4 is 11.6 Å². The molecule has 2 nitrogen and oxygen atoms in total. The first-order valence-corrected chi connectivity index (χ1v) is 3.69. The number of hydrogen-bond acceptors (Lipinski definition) is 2. The molecule has 2 unspecified atom stereocenters. The van der Waals surface area contributed by atoms with Crippen LogP contribution in [0.25, 0.3) is 0 Å². The summed E-state index contributed by atoms with van der Waals surface area (Å²) in [6.45, 7) is 3.71. The number of allylic oxidation sites excluding steroid dienone is 2. The molecule has 0 aromatic rings. The van der Waals surface area contributed by atoms with Gasteiger partial charge in [-0.25, -0.2) is 0 Å². The molecular weight excluding hydrogens is 162 g/mol. The Bertz CT molecular complexity index is 196. The van der Waals surface area contributed by atoms with Gasteiger partial charge in [-0.1, -0.05) is 30.7 Å². The maximum absolute atomic E-state index is 9.57. The van der Waals surface area contributed by atoms with Crippen LogP contribution in [0.5, 0.6) is 0 Å². The first-order chi connectivity index (χ1) is 4.52. The van der Waals surface area contributed by atoms with Crippen LogP contribution in [0.3, 0.4) is 0 Å². The fourth-order valence-electron chi connectivity index (χ4n) is 0.863. The van der Waals surface area contributed by atoms with Gasteiger partial charge in [-0.15, -0.1) is 0 Å². The lowest BCUT2D eigenvalue weighted by atomic mass is 9.87. The molecule has 64 valence electrons. The van der Waals surface area contributed by atoms with Gasteiger partial charge in [0.15, 0.2) is 0 Å². The highest BCUT2D eigenvalue weighted by molar-refractivity contribution is 6.31. The summed E-state index contributed by atoms with van der Waals surface area (Å²) < 4.78 is 0. The molecule has 2 atom stereocenters. The summed E-state index contributed by atoms with van der Waals surface area (Å²) in [6, 6.07) is 0. The molecular formula is C8H14ClNO. The topological polar surface area (TPSA) is 55.2 Å². The van der Waals surface area contributed by atoms with Crippen molar-refractivity contribution in [3.63, 3.8) is 0 Å². The minimum atomic E-state index is -0.724. The van der Waals surface area contributed by atoms with Crippen molar-refractivity contribution in [2.24, 2.45) is 5.92 Å². The summed E-state index contributed by atoms with van der Waals surface area (Å²) in [7, 11) is 0. The fourth-order valence-corrected chi connectivity index (χ4v) is 1.12. The lowest BCUT2D eigenvalue weighted by molar-refractivity contribution is 0.0728. The lowest BCUT2D eigenvalue weighted by Crippen LogP contribution is -2.30. The maximum atomic E-state index is 9.57. The Morgan fingerprint density at radius 2 is 2.18 bits per heavy atom. The van der Waals surface area contributed by atoms with Crippen LogP contribution in [0.2, 0.25) is 0 Å². The predicted octanol–water partition coefficient (Wildman–Crippen LogP) is 2.23. The van der Waals surface area contributed by atoms with E-state index in [0.717, 1.165) is 0 Å². The average molecular weight is 176 g/mol. The third kappa shape index (κ3) is 2.33. The summed E-state index contributed by atoms with van der Waals surface area (Å²) in [6.07, 6.45) is 5.29. The van der Waals surface area contributed by atoms with Crippen molar-refractivity contribution in [1.82, 2.24) is 6.15 Å². The molecule has 0 heterocycles. The molecule has 0 saturated heterocycles. The summed E-state index contributed by atoms with van der Waals surface area (Å²) in [5.74, 6) is 0.102. The Morgan fingerprint density at radius 3 is 2.55 bits per heavy atom. The quantitative estimate of drug-likeness (QED) is 0.593. The van der Waals surface area contributed by atoms with E-state index in [9.17, 15) is 5.11 Å². The highest BCUT2D eigenvalue weighted by Crippen LogP contribution is 2.27. The molecule has 1 aliphatic rings. The van der Waals surface area contributed by atoms with E-state index in [4.69, 9.17) is 11.6 Å². The Kier molecular flexibility index (Phi) is 3.30. The van der Waals surface area contributed by atoms with Crippen molar-refractivity contribution in [2.75, 3.05) is 0 Å². The van der Waals surface area contributed by atoms with E-state index in [1.165, 1.54) is 0 Å². The van der Waals surface area contributed by atoms with Gasteiger partial charge in [-0.05, 0) is 13.0 Å². The minimum absolute atomic E-state index is 0. The molecule has 4 N–H and O–H groups in total. The zero-order valence-electron chi connectivity index (χ0n) is 6.84. The molecule has 0 saturated carbocycles. The summed E-state index contributed by atoms with van der Waals surface area (Å²) in [5, 5.41) is 10.3. The number of hydrogen-bond donors (Lipinski definition) is 2. The SMILES string of the molecule is CC1C=C(Cl)C=CC1(C)O.N. The van der Waals surface area contributed by atoms with Crippen molar-refractivity contribution in [1.29, 1.82) is 0 Å². The van der Waals surface area contributed by atoms with E-state index in [0.29, 0.717) is 5.03 Å². The Balaban J connectivity index is 0.000001000. The van der Waals surface area contributed by atoms with Gasteiger partial charge in [0.2, 0.25) is 0 Å². The maximum Gasteiger partial charge on any atom is 0.0863 e. The van der Waals surface area contributed by atoms with E-state index in [2.05, 4.69) is 0 Å². The van der Waals surface area contributed by atoms with Crippen LogP contribution in [-0.4, -0.2) is 10.7 Å². The third-order valence-corrected chi connectivity index (χ3v) is 2.16. The van der Waals surface area contributed by atoms with Crippen LogP contribution < -0.4 is 6.15 Å². The standard InChI is InChI=1S/C8H11ClO.H3N/c1-6-5-7(9)3-4-8(6,2)10;/h3-6,10H,1-2H3;1H3. The van der Waals surface area contributed by atoms with Crippen LogP contribution in [0.1, 0.15) is 13.8 Å². The largest absolute Gasteiger partial charge is 0.385 e. The van der Waals surface area contributed by atoms with Gasteiger partial charge in [-0.3, -0.25) is 0 Å². The molecule has 0 bridgehead atoms. The number of halogens is 1. The molecule has 0 fully saturated rings. The number of rotatable bonds is 0. The van der Waals surface area contributed by atoms with E-state index in [1.807, 2.05) is 13.0 Å². The second-order valence-electron chi connectivity index (χ2n) is 2.90.